The molecule has 2 aromatic rings. The summed E-state index contributed by atoms with van der Waals surface area (Å²) in [6, 6.07) is 5.61. The summed E-state index contributed by atoms with van der Waals surface area (Å²) in [7, 11) is 0. The zero-order chi connectivity index (χ0) is 15.0. The first-order chi connectivity index (χ1) is 10.0. The van der Waals surface area contributed by atoms with Gasteiger partial charge in [-0.15, -0.1) is 0 Å². The van der Waals surface area contributed by atoms with Gasteiger partial charge >= 0.3 is 5.97 Å². The lowest BCUT2D eigenvalue weighted by molar-refractivity contribution is -0.141. The number of nitrogens with one attached hydrogen (secondary N) is 1. The summed E-state index contributed by atoms with van der Waals surface area (Å²) in [4.78, 5) is 27.5. The second kappa shape index (κ2) is 5.20. The van der Waals surface area contributed by atoms with Crippen LogP contribution in [0.1, 0.15) is 35.4 Å². The molecule has 1 fully saturated rings. The van der Waals surface area contributed by atoms with Gasteiger partial charge in [0.2, 0.25) is 0 Å². The average Bonchev–Trinajstić information content (AvgIpc) is 3.05. The van der Waals surface area contributed by atoms with Crippen LogP contribution in [0.3, 0.4) is 0 Å². The summed E-state index contributed by atoms with van der Waals surface area (Å²) in [5.41, 5.74) is 2.10. The largest absolute Gasteiger partial charge is 0.481 e. The molecule has 0 radical (unpaired) electrons. The Bertz CT molecular complexity index is 707. The molecule has 21 heavy (non-hydrogen) atoms. The molecule has 1 amide bonds. The maximum absolute atomic E-state index is 12.2. The lowest BCUT2D eigenvalue weighted by atomic mass is 10.1. The van der Waals surface area contributed by atoms with Crippen molar-refractivity contribution in [1.82, 2.24) is 14.7 Å². The van der Waals surface area contributed by atoms with Crippen LogP contribution in [0.5, 0.6) is 0 Å². The first-order valence-corrected chi connectivity index (χ1v) is 7.03. The quantitative estimate of drug-likeness (QED) is 0.898. The van der Waals surface area contributed by atoms with Crippen LogP contribution in [0.2, 0.25) is 0 Å². The van der Waals surface area contributed by atoms with Crippen molar-refractivity contribution in [1.29, 1.82) is 0 Å². The number of carboxylic acids is 1. The van der Waals surface area contributed by atoms with E-state index in [9.17, 15) is 9.59 Å². The molecular formula is C15H17N3O3. The first kappa shape index (κ1) is 13.6. The molecule has 0 saturated heterocycles. The molecule has 2 atom stereocenters. The highest BCUT2D eigenvalue weighted by Crippen LogP contribution is 2.25. The van der Waals surface area contributed by atoms with E-state index < -0.39 is 5.97 Å². The van der Waals surface area contributed by atoms with E-state index in [1.54, 1.807) is 6.20 Å². The Morgan fingerprint density at radius 2 is 2.19 bits per heavy atom. The van der Waals surface area contributed by atoms with Gasteiger partial charge in [-0.05, 0) is 38.3 Å². The summed E-state index contributed by atoms with van der Waals surface area (Å²) >= 11 is 0. The van der Waals surface area contributed by atoms with Gasteiger partial charge in [-0.3, -0.25) is 9.59 Å². The van der Waals surface area contributed by atoms with Crippen molar-refractivity contribution in [3.05, 3.63) is 35.8 Å². The molecule has 6 heteroatoms. The van der Waals surface area contributed by atoms with Crippen LogP contribution in [0.25, 0.3) is 5.65 Å². The van der Waals surface area contributed by atoms with Crippen LogP contribution in [0.4, 0.5) is 0 Å². The Labute approximate surface area is 121 Å². The second-order valence-electron chi connectivity index (χ2n) is 5.54. The number of carbonyl (C=O) groups is 2. The molecular weight excluding hydrogens is 270 g/mol. The van der Waals surface area contributed by atoms with Crippen molar-refractivity contribution in [2.75, 3.05) is 0 Å². The number of nitrogens with zero attached hydrogens (tertiary/aromatic N) is 2. The number of aromatic nitrogens is 2. The summed E-state index contributed by atoms with van der Waals surface area (Å²) in [5, 5.41) is 11.9. The van der Waals surface area contributed by atoms with E-state index in [0.29, 0.717) is 25.0 Å². The number of carboxylic acid groups (broad SMARTS) is 1. The number of hydrogen-bond acceptors (Lipinski definition) is 3. The fourth-order valence-corrected chi connectivity index (χ4v) is 2.85. The third-order valence-electron chi connectivity index (χ3n) is 4.05. The minimum Gasteiger partial charge on any atom is -0.481 e. The smallest absolute Gasteiger partial charge is 0.306 e. The van der Waals surface area contributed by atoms with Crippen LogP contribution in [0.15, 0.2) is 24.4 Å². The van der Waals surface area contributed by atoms with E-state index in [-0.39, 0.29) is 17.9 Å². The zero-order valence-corrected chi connectivity index (χ0v) is 11.7. The standard InChI is InChI=1S/C15H17N3O3/c1-9-3-2-4-13-17-12(8-18(9)13)14(19)16-11-6-5-10(7-11)15(20)21/h2-4,8,10-11H,5-7H2,1H3,(H,16,19)(H,20,21)/t10-,11-/m1/s1. The van der Waals surface area contributed by atoms with Crippen LogP contribution >= 0.6 is 0 Å². The van der Waals surface area contributed by atoms with E-state index in [1.807, 2.05) is 29.5 Å². The van der Waals surface area contributed by atoms with Crippen molar-refractivity contribution < 1.29 is 14.7 Å². The molecule has 1 saturated carbocycles. The number of amides is 1. The summed E-state index contributed by atoms with van der Waals surface area (Å²) < 4.78 is 1.86. The van der Waals surface area contributed by atoms with Crippen molar-refractivity contribution in [3.63, 3.8) is 0 Å². The van der Waals surface area contributed by atoms with Gasteiger partial charge in [0.15, 0.2) is 0 Å². The number of hydrogen-bond donors (Lipinski definition) is 2. The number of fused-ring (bicyclic) bond motifs is 1. The minimum absolute atomic E-state index is 0.0792. The summed E-state index contributed by atoms with van der Waals surface area (Å²) in [6.07, 6.45) is 3.52. The van der Waals surface area contributed by atoms with E-state index in [4.69, 9.17) is 5.11 Å². The van der Waals surface area contributed by atoms with Crippen LogP contribution < -0.4 is 5.32 Å². The SMILES string of the molecule is Cc1cccc2nc(C(=O)N[C@@H]3CC[C@@H](C(=O)O)C3)cn12. The molecule has 6 nitrogen and oxygen atoms in total. The van der Waals surface area contributed by atoms with Crippen molar-refractivity contribution in [2.24, 2.45) is 5.92 Å². The number of carbonyl (C=O) groups excluding carboxylic acids is 1. The molecule has 2 aromatic heterocycles. The summed E-state index contributed by atoms with van der Waals surface area (Å²) in [5.74, 6) is -1.37. The molecule has 0 aromatic carbocycles. The molecule has 2 N–H and O–H groups in total. The summed E-state index contributed by atoms with van der Waals surface area (Å²) in [6.45, 7) is 1.95. The van der Waals surface area contributed by atoms with Gasteiger partial charge in [0, 0.05) is 17.9 Å². The molecule has 1 aliphatic carbocycles. The normalized spacial score (nSPS) is 21.6. The molecule has 0 aliphatic heterocycles. The molecule has 0 bridgehead atoms. The van der Waals surface area contributed by atoms with E-state index in [0.717, 1.165) is 11.3 Å². The van der Waals surface area contributed by atoms with Gasteiger partial charge < -0.3 is 14.8 Å². The third-order valence-corrected chi connectivity index (χ3v) is 4.05. The monoisotopic (exact) mass is 287 g/mol. The van der Waals surface area contributed by atoms with Crippen molar-refractivity contribution in [3.8, 4) is 0 Å². The fourth-order valence-electron chi connectivity index (χ4n) is 2.85. The Hall–Kier alpha value is -2.37. The zero-order valence-electron chi connectivity index (χ0n) is 11.7. The molecule has 0 spiro atoms. The van der Waals surface area contributed by atoms with E-state index >= 15 is 0 Å². The third kappa shape index (κ3) is 2.61. The maximum atomic E-state index is 12.2. The Balaban J connectivity index is 1.73. The lowest BCUT2D eigenvalue weighted by Crippen LogP contribution is -2.33. The highest BCUT2D eigenvalue weighted by atomic mass is 16.4. The Kier molecular flexibility index (Phi) is 3.37. The number of rotatable bonds is 3. The maximum Gasteiger partial charge on any atom is 0.306 e. The highest BCUT2D eigenvalue weighted by Gasteiger charge is 2.31. The topological polar surface area (TPSA) is 83.7 Å². The van der Waals surface area contributed by atoms with Gasteiger partial charge in [0.25, 0.3) is 5.91 Å². The van der Waals surface area contributed by atoms with Crippen LogP contribution in [-0.2, 0) is 4.79 Å². The number of aliphatic carboxylic acids is 1. The van der Waals surface area contributed by atoms with Gasteiger partial charge in [-0.25, -0.2) is 4.98 Å². The number of imidazole rings is 1. The van der Waals surface area contributed by atoms with Gasteiger partial charge in [-0.2, -0.15) is 0 Å². The van der Waals surface area contributed by atoms with Crippen LogP contribution in [0, 0.1) is 12.8 Å². The van der Waals surface area contributed by atoms with Gasteiger partial charge in [0.05, 0.1) is 5.92 Å². The van der Waals surface area contributed by atoms with Crippen LogP contribution in [-0.4, -0.2) is 32.4 Å². The predicted molar refractivity (Wildman–Crippen MR) is 76.2 cm³/mol. The van der Waals surface area contributed by atoms with Gasteiger partial charge in [0.1, 0.15) is 11.3 Å². The number of pyridine rings is 1. The minimum atomic E-state index is -0.782. The molecule has 3 rings (SSSR count). The lowest BCUT2D eigenvalue weighted by Gasteiger charge is -2.10. The Morgan fingerprint density at radius 1 is 1.38 bits per heavy atom. The molecule has 110 valence electrons. The van der Waals surface area contributed by atoms with Gasteiger partial charge in [-0.1, -0.05) is 6.07 Å². The predicted octanol–water partition coefficient (Wildman–Crippen LogP) is 1.63. The highest BCUT2D eigenvalue weighted by molar-refractivity contribution is 5.93. The number of aryl methyl sites for hydroxylation is 1. The van der Waals surface area contributed by atoms with Crippen molar-refractivity contribution >= 4 is 17.5 Å². The van der Waals surface area contributed by atoms with Crippen molar-refractivity contribution in [2.45, 2.75) is 32.2 Å². The second-order valence-corrected chi connectivity index (χ2v) is 5.54. The molecule has 0 unspecified atom stereocenters. The van der Waals surface area contributed by atoms with E-state index in [2.05, 4.69) is 10.3 Å². The fraction of sp³-hybridized carbons (Fsp3) is 0.400. The molecule has 1 aliphatic rings. The first-order valence-electron chi connectivity index (χ1n) is 7.03. The van der Waals surface area contributed by atoms with E-state index in [1.165, 1.54) is 0 Å². The molecule has 2 heterocycles. The average molecular weight is 287 g/mol. The Morgan fingerprint density at radius 3 is 2.86 bits per heavy atom.